The van der Waals surface area contributed by atoms with Crippen molar-refractivity contribution in [1.82, 2.24) is 5.01 Å². The fourth-order valence-electron chi connectivity index (χ4n) is 3.33. The molecule has 4 rings (SSSR count). The van der Waals surface area contributed by atoms with Gasteiger partial charge in [-0.05, 0) is 30.3 Å². The number of rotatable bonds is 5. The largest absolute Gasteiger partial charge is 0.495 e. The van der Waals surface area contributed by atoms with Gasteiger partial charge in [-0.2, -0.15) is 5.11 Å². The van der Waals surface area contributed by atoms with Gasteiger partial charge in [0.15, 0.2) is 12.1 Å². The van der Waals surface area contributed by atoms with Crippen molar-refractivity contribution in [2.75, 3.05) is 23.9 Å². The molecule has 0 aromatic heterocycles. The zero-order valence-electron chi connectivity index (χ0n) is 15.9. The van der Waals surface area contributed by atoms with Crippen LogP contribution in [0.25, 0.3) is 0 Å². The lowest BCUT2D eigenvalue weighted by Gasteiger charge is -2.20. The molecule has 0 unspecified atom stereocenters. The lowest BCUT2D eigenvalue weighted by Crippen LogP contribution is -2.43. The first-order valence-electron chi connectivity index (χ1n) is 8.94. The van der Waals surface area contributed by atoms with E-state index in [1.165, 1.54) is 25.3 Å². The maximum atomic E-state index is 13.7. The maximum Gasteiger partial charge on any atom is 0.263 e. The monoisotopic (exact) mass is 449 g/mol. The third kappa shape index (κ3) is 3.67. The molecule has 12 heteroatoms. The van der Waals surface area contributed by atoms with Crippen LogP contribution in [0.4, 0.5) is 20.2 Å². The van der Waals surface area contributed by atoms with Gasteiger partial charge in [-0.15, -0.1) is 0 Å². The van der Waals surface area contributed by atoms with Gasteiger partial charge >= 0.3 is 0 Å². The minimum absolute atomic E-state index is 0.202. The van der Waals surface area contributed by atoms with E-state index in [4.69, 9.17) is 16.3 Å². The van der Waals surface area contributed by atoms with E-state index in [1.807, 2.05) is 0 Å². The Labute approximate surface area is 179 Å². The Morgan fingerprint density at radius 3 is 2.68 bits per heavy atom. The van der Waals surface area contributed by atoms with Crippen LogP contribution in [0.5, 0.6) is 5.75 Å². The van der Waals surface area contributed by atoms with E-state index in [1.54, 1.807) is 0 Å². The number of hydrogen-bond acceptors (Lipinski definition) is 7. The predicted molar refractivity (Wildman–Crippen MR) is 105 cm³/mol. The van der Waals surface area contributed by atoms with Crippen molar-refractivity contribution in [1.29, 1.82) is 0 Å². The molecule has 2 aliphatic rings. The molecule has 2 atom stereocenters. The number of carbonyl (C=O) groups is 3. The summed E-state index contributed by atoms with van der Waals surface area (Å²) >= 11 is 6.09. The summed E-state index contributed by atoms with van der Waals surface area (Å²) in [7, 11) is 1.43. The average molecular weight is 450 g/mol. The smallest absolute Gasteiger partial charge is 0.263 e. The van der Waals surface area contributed by atoms with Crippen LogP contribution >= 0.6 is 11.6 Å². The van der Waals surface area contributed by atoms with Crippen LogP contribution in [0, 0.1) is 11.6 Å². The predicted octanol–water partition coefficient (Wildman–Crippen LogP) is 2.56. The molecule has 31 heavy (non-hydrogen) atoms. The molecule has 160 valence electrons. The first-order chi connectivity index (χ1) is 14.8. The van der Waals surface area contributed by atoms with Crippen molar-refractivity contribution in [3.63, 3.8) is 0 Å². The van der Waals surface area contributed by atoms with E-state index in [-0.39, 0.29) is 16.4 Å². The van der Waals surface area contributed by atoms with Crippen molar-refractivity contribution in [3.8, 4) is 5.75 Å². The van der Waals surface area contributed by atoms with Gasteiger partial charge in [0.05, 0.1) is 23.5 Å². The molecular weight excluding hydrogens is 436 g/mol. The van der Waals surface area contributed by atoms with Crippen molar-refractivity contribution < 1.29 is 27.9 Å². The lowest BCUT2D eigenvalue weighted by atomic mass is 10.1. The second-order valence-corrected chi connectivity index (χ2v) is 7.10. The number of nitrogens with one attached hydrogen (secondary N) is 1. The Morgan fingerprint density at radius 2 is 1.97 bits per heavy atom. The maximum absolute atomic E-state index is 13.7. The molecule has 0 bridgehead atoms. The number of benzene rings is 2. The summed E-state index contributed by atoms with van der Waals surface area (Å²) < 4.78 is 32.1. The van der Waals surface area contributed by atoms with Gasteiger partial charge in [-0.1, -0.05) is 16.8 Å². The van der Waals surface area contributed by atoms with Crippen molar-refractivity contribution >= 4 is 40.7 Å². The number of amides is 3. The normalized spacial score (nSPS) is 19.7. The number of imide groups is 1. The highest BCUT2D eigenvalue weighted by atomic mass is 35.5. The highest BCUT2D eigenvalue weighted by Crippen LogP contribution is 2.35. The number of methoxy groups -OCH3 is 1. The Balaban J connectivity index is 1.51. The Bertz CT molecular complexity index is 1130. The number of hydrogen-bond donors (Lipinski definition) is 1. The molecule has 1 N–H and O–H groups in total. The van der Waals surface area contributed by atoms with Crippen molar-refractivity contribution in [2.45, 2.75) is 12.1 Å². The van der Waals surface area contributed by atoms with Gasteiger partial charge in [-0.3, -0.25) is 19.4 Å². The number of anilines is 2. The molecule has 2 aromatic carbocycles. The Kier molecular flexibility index (Phi) is 5.27. The van der Waals surface area contributed by atoms with Crippen LogP contribution < -0.4 is 15.0 Å². The lowest BCUT2D eigenvalue weighted by molar-refractivity contribution is -0.123. The van der Waals surface area contributed by atoms with E-state index >= 15 is 0 Å². The fraction of sp³-hybridized carbons (Fsp3) is 0.211. The minimum Gasteiger partial charge on any atom is -0.495 e. The third-order valence-electron chi connectivity index (χ3n) is 4.76. The highest BCUT2D eigenvalue weighted by Gasteiger charge is 2.55. The molecular formula is C19H14ClF2N5O4. The van der Waals surface area contributed by atoms with Gasteiger partial charge in [-0.25, -0.2) is 13.7 Å². The average Bonchev–Trinajstić information content (AvgIpc) is 3.24. The number of nitrogens with zero attached hydrogens (tertiary/aromatic N) is 4. The molecule has 0 radical (unpaired) electrons. The number of halogens is 3. The van der Waals surface area contributed by atoms with Gasteiger partial charge in [0, 0.05) is 6.07 Å². The summed E-state index contributed by atoms with van der Waals surface area (Å²) in [6, 6.07) is 4.72. The molecule has 9 nitrogen and oxygen atoms in total. The standard InChI is InChI=1S/C19H14ClF2N5O4/c1-31-14-5-3-10(7-11(14)20)27-18(29)16-17(19(27)30)26(25-24-16)8-15(28)23-13-6-9(21)2-4-12(13)22/h2-7,16-17H,8H2,1H3,(H,23,28)/t16-,17+/m1/s1. The summed E-state index contributed by atoms with van der Waals surface area (Å²) in [6.45, 7) is -0.503. The Morgan fingerprint density at radius 1 is 1.19 bits per heavy atom. The SMILES string of the molecule is COc1ccc(N2C(=O)[C@@H]3[C@@H](N=NN3CC(=O)Nc3cc(F)ccc3F)C2=O)cc1Cl. The molecule has 0 aliphatic carbocycles. The number of carbonyl (C=O) groups excluding carboxylic acids is 3. The van der Waals surface area contributed by atoms with Crippen LogP contribution in [-0.2, 0) is 14.4 Å². The Hall–Kier alpha value is -3.60. The van der Waals surface area contributed by atoms with Gasteiger partial charge in [0.1, 0.15) is 23.9 Å². The van der Waals surface area contributed by atoms with Crippen LogP contribution in [-0.4, -0.2) is 48.5 Å². The quantitative estimate of drug-likeness (QED) is 0.706. The van der Waals surface area contributed by atoms with Gasteiger partial charge in [0.25, 0.3) is 11.8 Å². The van der Waals surface area contributed by atoms with E-state index < -0.39 is 48.0 Å². The van der Waals surface area contributed by atoms with E-state index in [2.05, 4.69) is 15.7 Å². The molecule has 3 amide bonds. The molecule has 2 heterocycles. The summed E-state index contributed by atoms with van der Waals surface area (Å²) in [5.74, 6) is -3.24. The first-order valence-corrected chi connectivity index (χ1v) is 9.31. The minimum atomic E-state index is -1.14. The number of fused-ring (bicyclic) bond motifs is 1. The van der Waals surface area contributed by atoms with Crippen LogP contribution in [0.2, 0.25) is 5.02 Å². The van der Waals surface area contributed by atoms with Crippen LogP contribution in [0.1, 0.15) is 0 Å². The topological polar surface area (TPSA) is 104 Å². The molecule has 1 saturated heterocycles. The van der Waals surface area contributed by atoms with Crippen LogP contribution in [0.3, 0.4) is 0 Å². The second-order valence-electron chi connectivity index (χ2n) is 6.70. The van der Waals surface area contributed by atoms with E-state index in [0.29, 0.717) is 5.75 Å². The molecule has 1 fully saturated rings. The summed E-state index contributed by atoms with van der Waals surface area (Å²) in [6.07, 6.45) is 0. The summed E-state index contributed by atoms with van der Waals surface area (Å²) in [5, 5.41) is 11.0. The van der Waals surface area contributed by atoms with Gasteiger partial charge < -0.3 is 10.1 Å². The van der Waals surface area contributed by atoms with Gasteiger partial charge in [0.2, 0.25) is 5.91 Å². The second kappa shape index (κ2) is 7.91. The third-order valence-corrected chi connectivity index (χ3v) is 5.05. The zero-order chi connectivity index (χ0) is 22.3. The van der Waals surface area contributed by atoms with Crippen molar-refractivity contribution in [2.24, 2.45) is 10.3 Å². The van der Waals surface area contributed by atoms with E-state index in [0.717, 1.165) is 28.1 Å². The molecule has 2 aliphatic heterocycles. The molecule has 0 saturated carbocycles. The van der Waals surface area contributed by atoms with E-state index in [9.17, 15) is 23.2 Å². The number of ether oxygens (including phenoxy) is 1. The van der Waals surface area contributed by atoms with Crippen molar-refractivity contribution in [3.05, 3.63) is 53.1 Å². The molecule has 0 spiro atoms. The molecule has 2 aromatic rings. The zero-order valence-corrected chi connectivity index (χ0v) is 16.6. The van der Waals surface area contributed by atoms with Crippen LogP contribution in [0.15, 0.2) is 46.7 Å². The summed E-state index contributed by atoms with van der Waals surface area (Å²) in [4.78, 5) is 38.9. The first kappa shape index (κ1) is 20.7. The fourth-order valence-corrected chi connectivity index (χ4v) is 3.58. The summed E-state index contributed by atoms with van der Waals surface area (Å²) in [5.41, 5.74) is -0.141. The highest BCUT2D eigenvalue weighted by molar-refractivity contribution is 6.33.